The van der Waals surface area contributed by atoms with Crippen LogP contribution < -0.4 is 10.1 Å². The van der Waals surface area contributed by atoms with Crippen LogP contribution in [-0.4, -0.2) is 18.6 Å². The van der Waals surface area contributed by atoms with Crippen LogP contribution >= 0.6 is 0 Å². The number of aromatic nitrogens is 1. The highest BCUT2D eigenvalue weighted by Crippen LogP contribution is 2.22. The fraction of sp³-hybridized carbons (Fsp3) is 0.389. The van der Waals surface area contributed by atoms with Crippen LogP contribution in [0.15, 0.2) is 48.8 Å². The number of benzene rings is 1. The van der Waals surface area contributed by atoms with Gasteiger partial charge >= 0.3 is 0 Å². The van der Waals surface area contributed by atoms with Gasteiger partial charge in [-0.15, -0.1) is 0 Å². The van der Waals surface area contributed by atoms with Crippen molar-refractivity contribution in [3.05, 3.63) is 59.9 Å². The molecule has 1 aromatic carbocycles. The van der Waals surface area contributed by atoms with Crippen LogP contribution in [0.25, 0.3) is 0 Å². The topological polar surface area (TPSA) is 34.1 Å². The third-order valence-corrected chi connectivity index (χ3v) is 3.60. The molecule has 1 atom stereocenters. The van der Waals surface area contributed by atoms with Crippen LogP contribution in [0.4, 0.5) is 0 Å². The maximum absolute atomic E-state index is 5.52. The van der Waals surface area contributed by atoms with Crippen molar-refractivity contribution in [3.63, 3.8) is 0 Å². The molecular formula is C18H24N2O. The fourth-order valence-corrected chi connectivity index (χ4v) is 2.50. The van der Waals surface area contributed by atoms with Gasteiger partial charge in [0.2, 0.25) is 0 Å². The van der Waals surface area contributed by atoms with Gasteiger partial charge in [-0.1, -0.05) is 30.3 Å². The van der Waals surface area contributed by atoms with E-state index in [0.717, 1.165) is 25.0 Å². The van der Waals surface area contributed by atoms with Gasteiger partial charge in [0.25, 0.3) is 0 Å². The zero-order valence-corrected chi connectivity index (χ0v) is 12.9. The molecule has 21 heavy (non-hydrogen) atoms. The van der Waals surface area contributed by atoms with E-state index in [4.69, 9.17) is 4.74 Å². The second kappa shape index (κ2) is 8.42. The molecule has 1 heterocycles. The maximum atomic E-state index is 5.52. The van der Waals surface area contributed by atoms with Crippen LogP contribution in [0.3, 0.4) is 0 Å². The molecular weight excluding hydrogens is 260 g/mol. The Hall–Kier alpha value is -1.87. The average Bonchev–Trinajstić information content (AvgIpc) is 2.53. The van der Waals surface area contributed by atoms with Gasteiger partial charge in [-0.25, -0.2) is 0 Å². The molecule has 1 aromatic heterocycles. The first-order chi connectivity index (χ1) is 10.3. The van der Waals surface area contributed by atoms with E-state index in [1.807, 2.05) is 20.2 Å². The van der Waals surface area contributed by atoms with Gasteiger partial charge in [0.05, 0.1) is 12.8 Å². The van der Waals surface area contributed by atoms with Crippen molar-refractivity contribution in [1.29, 1.82) is 0 Å². The van der Waals surface area contributed by atoms with E-state index < -0.39 is 0 Å². The minimum atomic E-state index is 0.321. The highest BCUT2D eigenvalue weighted by molar-refractivity contribution is 5.26. The zero-order chi connectivity index (χ0) is 14.9. The van der Waals surface area contributed by atoms with Gasteiger partial charge in [-0.3, -0.25) is 4.98 Å². The van der Waals surface area contributed by atoms with Crippen molar-refractivity contribution in [2.75, 3.05) is 13.7 Å². The number of hydrogen-bond acceptors (Lipinski definition) is 3. The van der Waals surface area contributed by atoms with Crippen molar-refractivity contribution in [2.24, 2.45) is 0 Å². The molecule has 0 aliphatic heterocycles. The van der Waals surface area contributed by atoms with Crippen molar-refractivity contribution in [1.82, 2.24) is 10.3 Å². The molecule has 1 N–H and O–H groups in total. The molecule has 0 amide bonds. The summed E-state index contributed by atoms with van der Waals surface area (Å²) in [5.41, 5.74) is 2.59. The van der Waals surface area contributed by atoms with Crippen LogP contribution in [0.1, 0.15) is 36.9 Å². The SMILES string of the molecule is CCOc1cncc(C(CCCc2ccccc2)NC)c1. The van der Waals surface area contributed by atoms with Crippen LogP contribution in [0, 0.1) is 0 Å². The van der Waals surface area contributed by atoms with Gasteiger partial charge in [-0.05, 0) is 50.4 Å². The maximum Gasteiger partial charge on any atom is 0.137 e. The van der Waals surface area contributed by atoms with E-state index >= 15 is 0 Å². The Bertz CT molecular complexity index is 528. The molecule has 3 heteroatoms. The highest BCUT2D eigenvalue weighted by Gasteiger charge is 2.10. The summed E-state index contributed by atoms with van der Waals surface area (Å²) in [6.07, 6.45) is 7.03. The third-order valence-electron chi connectivity index (χ3n) is 3.60. The Morgan fingerprint density at radius 3 is 2.71 bits per heavy atom. The largest absolute Gasteiger partial charge is 0.492 e. The Balaban J connectivity index is 1.91. The van der Waals surface area contributed by atoms with E-state index in [1.165, 1.54) is 11.1 Å². The van der Waals surface area contributed by atoms with E-state index in [9.17, 15) is 0 Å². The molecule has 2 aromatic rings. The number of nitrogens with one attached hydrogen (secondary N) is 1. The van der Waals surface area contributed by atoms with Crippen LogP contribution in [0.5, 0.6) is 5.75 Å². The number of pyridine rings is 1. The van der Waals surface area contributed by atoms with Gasteiger partial charge in [0.15, 0.2) is 0 Å². The summed E-state index contributed by atoms with van der Waals surface area (Å²) in [7, 11) is 2.00. The molecule has 0 spiro atoms. The Kier molecular flexibility index (Phi) is 6.22. The summed E-state index contributed by atoms with van der Waals surface area (Å²) in [5, 5.41) is 3.38. The molecule has 112 valence electrons. The summed E-state index contributed by atoms with van der Waals surface area (Å²) in [4.78, 5) is 4.27. The number of ether oxygens (including phenoxy) is 1. The van der Waals surface area contributed by atoms with Crippen molar-refractivity contribution in [3.8, 4) is 5.75 Å². The summed E-state index contributed by atoms with van der Waals surface area (Å²) in [5.74, 6) is 0.846. The standard InChI is InChI=1S/C18H24N2O/c1-3-21-17-12-16(13-20-14-17)18(19-2)11-7-10-15-8-5-4-6-9-15/h4-6,8-9,12-14,18-19H,3,7,10-11H2,1-2H3. The van der Waals surface area contributed by atoms with Gasteiger partial charge in [-0.2, -0.15) is 0 Å². The number of hydrogen-bond donors (Lipinski definition) is 1. The number of rotatable bonds is 8. The second-order valence-corrected chi connectivity index (χ2v) is 5.11. The first kappa shape index (κ1) is 15.5. The lowest BCUT2D eigenvalue weighted by molar-refractivity contribution is 0.337. The Morgan fingerprint density at radius 1 is 1.19 bits per heavy atom. The minimum Gasteiger partial charge on any atom is -0.492 e. The summed E-state index contributed by atoms with van der Waals surface area (Å²) >= 11 is 0. The number of aryl methyl sites for hydroxylation is 1. The third kappa shape index (κ3) is 4.87. The molecule has 0 fully saturated rings. The van der Waals surface area contributed by atoms with Gasteiger partial charge < -0.3 is 10.1 Å². The normalized spacial score (nSPS) is 12.1. The molecule has 0 aliphatic carbocycles. The van der Waals surface area contributed by atoms with E-state index in [2.05, 4.69) is 46.7 Å². The second-order valence-electron chi connectivity index (χ2n) is 5.11. The highest BCUT2D eigenvalue weighted by atomic mass is 16.5. The van der Waals surface area contributed by atoms with E-state index in [-0.39, 0.29) is 0 Å². The summed E-state index contributed by atoms with van der Waals surface area (Å²) < 4.78 is 5.52. The lowest BCUT2D eigenvalue weighted by Crippen LogP contribution is -2.17. The predicted octanol–water partition coefficient (Wildman–Crippen LogP) is 3.76. The fourth-order valence-electron chi connectivity index (χ4n) is 2.50. The Labute approximate surface area is 127 Å². The van der Waals surface area contributed by atoms with Crippen LogP contribution in [0.2, 0.25) is 0 Å². The van der Waals surface area contributed by atoms with Crippen molar-refractivity contribution >= 4 is 0 Å². The molecule has 0 radical (unpaired) electrons. The molecule has 2 rings (SSSR count). The van der Waals surface area contributed by atoms with E-state index in [1.54, 1.807) is 6.20 Å². The van der Waals surface area contributed by atoms with Crippen molar-refractivity contribution in [2.45, 2.75) is 32.2 Å². The first-order valence-corrected chi connectivity index (χ1v) is 7.62. The van der Waals surface area contributed by atoms with E-state index in [0.29, 0.717) is 12.6 Å². The molecule has 0 saturated heterocycles. The zero-order valence-electron chi connectivity index (χ0n) is 12.9. The van der Waals surface area contributed by atoms with Gasteiger partial charge in [0.1, 0.15) is 5.75 Å². The lowest BCUT2D eigenvalue weighted by atomic mass is 10.0. The molecule has 0 aliphatic rings. The van der Waals surface area contributed by atoms with Crippen molar-refractivity contribution < 1.29 is 4.74 Å². The van der Waals surface area contributed by atoms with Crippen LogP contribution in [-0.2, 0) is 6.42 Å². The minimum absolute atomic E-state index is 0.321. The number of nitrogens with zero attached hydrogens (tertiary/aromatic N) is 1. The Morgan fingerprint density at radius 2 is 2.00 bits per heavy atom. The summed E-state index contributed by atoms with van der Waals surface area (Å²) in [6.45, 7) is 2.66. The molecule has 1 unspecified atom stereocenters. The molecule has 3 nitrogen and oxygen atoms in total. The molecule has 0 bridgehead atoms. The smallest absolute Gasteiger partial charge is 0.137 e. The monoisotopic (exact) mass is 284 g/mol. The first-order valence-electron chi connectivity index (χ1n) is 7.62. The average molecular weight is 284 g/mol. The van der Waals surface area contributed by atoms with Gasteiger partial charge in [0, 0.05) is 12.2 Å². The quantitative estimate of drug-likeness (QED) is 0.801. The molecule has 0 saturated carbocycles. The summed E-state index contributed by atoms with van der Waals surface area (Å²) in [6, 6.07) is 13.0. The lowest BCUT2D eigenvalue weighted by Gasteiger charge is -2.17. The predicted molar refractivity (Wildman–Crippen MR) is 86.6 cm³/mol.